The van der Waals surface area contributed by atoms with Crippen LogP contribution in [0.4, 0.5) is 5.82 Å². The topological polar surface area (TPSA) is 57.8 Å². The fraction of sp³-hybridized carbons (Fsp3) is 0.200. The fourth-order valence-electron chi connectivity index (χ4n) is 1.23. The van der Waals surface area contributed by atoms with Crippen molar-refractivity contribution in [1.82, 2.24) is 9.97 Å². The maximum atomic E-state index is 10.9. The minimum atomic E-state index is -0.0308. The molecular weight excluding hydrogens is 290 g/mol. The molecule has 4 nitrogen and oxygen atoms in total. The summed E-state index contributed by atoms with van der Waals surface area (Å²) in [6.07, 6.45) is 0. The molecule has 0 unspecified atom stereocenters. The number of anilines is 1. The number of hydrogen-bond acceptors (Lipinski definition) is 4. The van der Waals surface area contributed by atoms with Gasteiger partial charge in [-0.1, -0.05) is 11.3 Å². The molecule has 6 heteroatoms. The number of nitrogens with zero attached hydrogens (tertiary/aromatic N) is 1. The standard InChI is InChI=1S/C10H10BrN3OS/c1-6-8(11)2-3-9(13-6)12-4-7-5-16-10(15)14-7/h2-3,5H,4H2,1H3,(H,12,13)(H,14,15). The largest absolute Gasteiger partial charge is 0.364 e. The van der Waals surface area contributed by atoms with Crippen LogP contribution in [0.2, 0.25) is 0 Å². The SMILES string of the molecule is Cc1nc(NCc2csc(=O)[nH]2)ccc1Br. The van der Waals surface area contributed by atoms with E-state index in [4.69, 9.17) is 0 Å². The number of H-pyrrole nitrogens is 1. The molecule has 0 saturated carbocycles. The van der Waals surface area contributed by atoms with Gasteiger partial charge in [0.15, 0.2) is 0 Å². The lowest BCUT2D eigenvalue weighted by molar-refractivity contribution is 1.03. The Morgan fingerprint density at radius 2 is 2.38 bits per heavy atom. The first kappa shape index (κ1) is 11.3. The molecule has 0 aliphatic rings. The number of aryl methyl sites for hydroxylation is 1. The lowest BCUT2D eigenvalue weighted by atomic mass is 10.3. The van der Waals surface area contributed by atoms with Gasteiger partial charge in [-0.05, 0) is 35.0 Å². The van der Waals surface area contributed by atoms with Gasteiger partial charge in [0.2, 0.25) is 0 Å². The van der Waals surface area contributed by atoms with Crippen LogP contribution in [0.25, 0.3) is 0 Å². The van der Waals surface area contributed by atoms with Crippen LogP contribution in [-0.2, 0) is 6.54 Å². The van der Waals surface area contributed by atoms with Crippen molar-refractivity contribution in [2.24, 2.45) is 0 Å². The van der Waals surface area contributed by atoms with Crippen molar-refractivity contribution < 1.29 is 0 Å². The highest BCUT2D eigenvalue weighted by atomic mass is 79.9. The highest BCUT2D eigenvalue weighted by Gasteiger charge is 2.00. The first-order valence-corrected chi connectivity index (χ1v) is 6.36. The monoisotopic (exact) mass is 299 g/mol. The van der Waals surface area contributed by atoms with E-state index in [1.807, 2.05) is 19.1 Å². The Morgan fingerprint density at radius 1 is 1.56 bits per heavy atom. The van der Waals surface area contributed by atoms with Gasteiger partial charge >= 0.3 is 4.87 Å². The van der Waals surface area contributed by atoms with Gasteiger partial charge in [0.1, 0.15) is 5.82 Å². The van der Waals surface area contributed by atoms with E-state index in [1.165, 1.54) is 11.3 Å². The van der Waals surface area contributed by atoms with Gasteiger partial charge in [0.25, 0.3) is 0 Å². The number of aromatic nitrogens is 2. The van der Waals surface area contributed by atoms with E-state index in [-0.39, 0.29) is 4.87 Å². The number of hydrogen-bond donors (Lipinski definition) is 2. The van der Waals surface area contributed by atoms with Gasteiger partial charge in [-0.2, -0.15) is 0 Å². The second kappa shape index (κ2) is 4.80. The van der Waals surface area contributed by atoms with Gasteiger partial charge in [-0.3, -0.25) is 4.79 Å². The van der Waals surface area contributed by atoms with E-state index in [0.717, 1.165) is 21.7 Å². The highest BCUT2D eigenvalue weighted by molar-refractivity contribution is 9.10. The minimum absolute atomic E-state index is 0.0308. The predicted octanol–water partition coefficient (Wildman–Crippen LogP) is 2.51. The summed E-state index contributed by atoms with van der Waals surface area (Å²) in [5.41, 5.74) is 1.81. The molecule has 0 aliphatic carbocycles. The molecule has 0 spiro atoms. The summed E-state index contributed by atoms with van der Waals surface area (Å²) in [7, 11) is 0. The first-order chi connectivity index (χ1) is 7.65. The Morgan fingerprint density at radius 3 is 3.00 bits per heavy atom. The maximum absolute atomic E-state index is 10.9. The number of halogens is 1. The highest BCUT2D eigenvalue weighted by Crippen LogP contribution is 2.16. The lowest BCUT2D eigenvalue weighted by Crippen LogP contribution is -2.04. The fourth-order valence-corrected chi connectivity index (χ4v) is 2.03. The predicted molar refractivity (Wildman–Crippen MR) is 68.9 cm³/mol. The molecule has 0 fully saturated rings. The second-order valence-corrected chi connectivity index (χ2v) is 4.99. The summed E-state index contributed by atoms with van der Waals surface area (Å²) < 4.78 is 0.988. The minimum Gasteiger partial charge on any atom is -0.364 e. The maximum Gasteiger partial charge on any atom is 0.304 e. The molecule has 2 aromatic rings. The Bertz CT molecular complexity index is 549. The molecule has 2 heterocycles. The van der Waals surface area contributed by atoms with E-state index >= 15 is 0 Å². The van der Waals surface area contributed by atoms with E-state index in [0.29, 0.717) is 6.54 Å². The quantitative estimate of drug-likeness (QED) is 0.915. The Kier molecular flexibility index (Phi) is 3.40. The molecule has 0 saturated heterocycles. The zero-order chi connectivity index (χ0) is 11.5. The third-order valence-corrected chi connectivity index (χ3v) is 3.61. The van der Waals surface area contributed by atoms with Gasteiger partial charge in [-0.15, -0.1) is 0 Å². The Balaban J connectivity index is 2.04. The van der Waals surface area contributed by atoms with Crippen molar-refractivity contribution in [3.63, 3.8) is 0 Å². The molecule has 0 aliphatic heterocycles. The molecule has 16 heavy (non-hydrogen) atoms. The summed E-state index contributed by atoms with van der Waals surface area (Å²) in [5.74, 6) is 0.799. The molecule has 0 radical (unpaired) electrons. The third kappa shape index (κ3) is 2.70. The summed E-state index contributed by atoms with van der Waals surface area (Å²) in [6, 6.07) is 3.84. The number of nitrogens with one attached hydrogen (secondary N) is 2. The molecule has 0 amide bonds. The van der Waals surface area contributed by atoms with Crippen LogP contribution < -0.4 is 10.2 Å². The van der Waals surface area contributed by atoms with Crippen molar-refractivity contribution >= 4 is 33.1 Å². The molecule has 84 valence electrons. The Hall–Kier alpha value is -1.14. The van der Waals surface area contributed by atoms with Crippen LogP contribution in [-0.4, -0.2) is 9.97 Å². The molecule has 2 N–H and O–H groups in total. The van der Waals surface area contributed by atoms with Crippen molar-refractivity contribution in [3.8, 4) is 0 Å². The summed E-state index contributed by atoms with van der Waals surface area (Å²) in [4.78, 5) is 18.0. The molecule has 2 rings (SSSR count). The lowest BCUT2D eigenvalue weighted by Gasteiger charge is -2.05. The van der Waals surface area contributed by atoms with Crippen molar-refractivity contribution in [2.75, 3.05) is 5.32 Å². The molecule has 0 atom stereocenters. The van der Waals surface area contributed by atoms with Gasteiger partial charge in [-0.25, -0.2) is 4.98 Å². The van der Waals surface area contributed by atoms with Crippen LogP contribution in [0.1, 0.15) is 11.4 Å². The smallest absolute Gasteiger partial charge is 0.304 e. The Labute approximate surface area is 105 Å². The van der Waals surface area contributed by atoms with Crippen LogP contribution >= 0.6 is 27.3 Å². The van der Waals surface area contributed by atoms with Crippen molar-refractivity contribution in [2.45, 2.75) is 13.5 Å². The summed E-state index contributed by atoms with van der Waals surface area (Å²) in [5, 5.41) is 4.95. The zero-order valence-electron chi connectivity index (χ0n) is 8.58. The van der Waals surface area contributed by atoms with E-state index in [1.54, 1.807) is 5.38 Å². The number of rotatable bonds is 3. The first-order valence-electron chi connectivity index (χ1n) is 4.69. The summed E-state index contributed by atoms with van der Waals surface area (Å²) in [6.45, 7) is 2.51. The number of aromatic amines is 1. The number of pyridine rings is 1. The molecule has 2 aromatic heterocycles. The second-order valence-electron chi connectivity index (χ2n) is 3.29. The van der Waals surface area contributed by atoms with Crippen molar-refractivity contribution in [3.05, 3.63) is 43.0 Å². The van der Waals surface area contributed by atoms with E-state index in [9.17, 15) is 4.79 Å². The number of thiazole rings is 1. The van der Waals surface area contributed by atoms with Crippen LogP contribution in [0.5, 0.6) is 0 Å². The summed E-state index contributed by atoms with van der Waals surface area (Å²) >= 11 is 4.56. The van der Waals surface area contributed by atoms with Gasteiger partial charge < -0.3 is 10.3 Å². The average Bonchev–Trinajstić information content (AvgIpc) is 2.66. The van der Waals surface area contributed by atoms with Crippen LogP contribution in [0.3, 0.4) is 0 Å². The van der Waals surface area contributed by atoms with Gasteiger partial charge in [0, 0.05) is 15.5 Å². The van der Waals surface area contributed by atoms with E-state index < -0.39 is 0 Å². The molecule has 0 aromatic carbocycles. The average molecular weight is 300 g/mol. The zero-order valence-corrected chi connectivity index (χ0v) is 11.0. The van der Waals surface area contributed by atoms with Crippen LogP contribution in [0, 0.1) is 6.92 Å². The molecular formula is C10H10BrN3OS. The van der Waals surface area contributed by atoms with Crippen LogP contribution in [0.15, 0.2) is 26.8 Å². The van der Waals surface area contributed by atoms with E-state index in [2.05, 4.69) is 31.2 Å². The normalized spacial score (nSPS) is 10.4. The van der Waals surface area contributed by atoms with Crippen molar-refractivity contribution in [1.29, 1.82) is 0 Å². The third-order valence-electron chi connectivity index (χ3n) is 2.05. The molecule has 0 bridgehead atoms. The van der Waals surface area contributed by atoms with Gasteiger partial charge in [0.05, 0.1) is 12.2 Å².